The van der Waals surface area contributed by atoms with Gasteiger partial charge in [0, 0.05) is 5.69 Å². The largest absolute Gasteiger partial charge is 0.391 e. The first-order valence-corrected chi connectivity index (χ1v) is 5.34. The molecule has 1 rings (SSSR count). The summed E-state index contributed by atoms with van der Waals surface area (Å²) in [4.78, 5) is 3.83. The van der Waals surface area contributed by atoms with Crippen LogP contribution in [0.15, 0.2) is 35.3 Å². The smallest absolute Gasteiger partial charge is 0.325 e. The van der Waals surface area contributed by atoms with Gasteiger partial charge in [-0.2, -0.15) is 13.2 Å². The minimum absolute atomic E-state index is 0.0953. The topological polar surface area (TPSA) is 62.4 Å². The monoisotopic (exact) mass is 260 g/mol. The molecule has 7 heteroatoms. The normalized spacial score (nSPS) is 14.2. The molecule has 0 aliphatic carbocycles. The van der Waals surface area contributed by atoms with Crippen LogP contribution in [0.3, 0.4) is 0 Å². The molecule has 0 saturated heterocycles. The number of rotatable bonds is 3. The van der Waals surface area contributed by atoms with E-state index in [1.54, 1.807) is 24.3 Å². The van der Waals surface area contributed by atoms with Gasteiger partial charge in [-0.3, -0.25) is 5.43 Å². The van der Waals surface area contributed by atoms with Crippen LogP contribution in [0.4, 0.5) is 18.9 Å². The molecule has 0 aliphatic rings. The first-order valence-electron chi connectivity index (χ1n) is 5.34. The van der Waals surface area contributed by atoms with Gasteiger partial charge < -0.3 is 5.32 Å². The lowest BCUT2D eigenvalue weighted by atomic mass is 10.2. The lowest BCUT2D eigenvalue weighted by Crippen LogP contribution is -2.37. The van der Waals surface area contributed by atoms with Crippen molar-refractivity contribution in [1.82, 2.24) is 5.43 Å². The summed E-state index contributed by atoms with van der Waals surface area (Å²) >= 11 is 0. The predicted molar refractivity (Wildman–Crippen MR) is 65.0 cm³/mol. The summed E-state index contributed by atoms with van der Waals surface area (Å²) in [6.45, 7) is 1.37. The molecule has 18 heavy (non-hydrogen) atoms. The number of nitrogens with two attached hydrogens (primary N) is 1. The Labute approximate surface area is 103 Å². The summed E-state index contributed by atoms with van der Waals surface area (Å²) in [7, 11) is 0. The van der Waals surface area contributed by atoms with Gasteiger partial charge in [0.25, 0.3) is 0 Å². The van der Waals surface area contributed by atoms with Crippen molar-refractivity contribution in [2.45, 2.75) is 25.6 Å². The van der Waals surface area contributed by atoms with Crippen LogP contribution in [0.25, 0.3) is 0 Å². The fraction of sp³-hybridized carbons (Fsp3) is 0.364. The molecule has 100 valence electrons. The standard InChI is InChI=1S/C11H15F3N4/c1-8(7-11(12,13)14)16-10(18-15)17-9-5-3-2-4-6-9/h2-6,8H,7,15H2,1H3,(H2,16,17,18). The highest BCUT2D eigenvalue weighted by molar-refractivity contribution is 5.93. The molecule has 1 unspecified atom stereocenters. The van der Waals surface area contributed by atoms with Crippen LogP contribution in [0.1, 0.15) is 13.3 Å². The van der Waals surface area contributed by atoms with Crippen LogP contribution < -0.4 is 16.6 Å². The molecule has 4 N–H and O–H groups in total. The lowest BCUT2D eigenvalue weighted by molar-refractivity contribution is -0.137. The van der Waals surface area contributed by atoms with Crippen LogP contribution >= 0.6 is 0 Å². The number of hydrogen-bond acceptors (Lipinski definition) is 2. The molecule has 1 atom stereocenters. The zero-order chi connectivity index (χ0) is 13.6. The second kappa shape index (κ2) is 6.25. The SMILES string of the molecule is CC(CC(F)(F)F)N=C(NN)Nc1ccccc1. The minimum Gasteiger partial charge on any atom is -0.325 e. The van der Waals surface area contributed by atoms with Crippen molar-refractivity contribution in [3.63, 3.8) is 0 Å². The lowest BCUT2D eigenvalue weighted by Gasteiger charge is -2.14. The fourth-order valence-corrected chi connectivity index (χ4v) is 1.36. The Hall–Kier alpha value is -1.76. The quantitative estimate of drug-likeness (QED) is 0.338. The number of nitrogens with one attached hydrogen (secondary N) is 2. The summed E-state index contributed by atoms with van der Waals surface area (Å²) in [5, 5.41) is 2.79. The molecule has 4 nitrogen and oxygen atoms in total. The van der Waals surface area contributed by atoms with Crippen LogP contribution in [0.2, 0.25) is 0 Å². The highest BCUT2D eigenvalue weighted by Crippen LogP contribution is 2.22. The molecule has 1 aromatic carbocycles. The molecule has 0 aromatic heterocycles. The van der Waals surface area contributed by atoms with E-state index in [1.165, 1.54) is 6.92 Å². The van der Waals surface area contributed by atoms with Gasteiger partial charge in [-0.05, 0) is 19.1 Å². The number of hydrogen-bond donors (Lipinski definition) is 3. The summed E-state index contributed by atoms with van der Waals surface area (Å²) in [6, 6.07) is 7.99. The second-order valence-corrected chi connectivity index (χ2v) is 3.78. The van der Waals surface area contributed by atoms with Crippen molar-refractivity contribution in [2.75, 3.05) is 5.32 Å². The number of halogens is 3. The summed E-state index contributed by atoms with van der Waals surface area (Å²) in [5.74, 6) is 5.30. The first kappa shape index (κ1) is 14.3. The number of hydrazine groups is 1. The van der Waals surface area contributed by atoms with Gasteiger partial charge in [0.15, 0.2) is 0 Å². The Bertz CT molecular complexity index is 389. The fourth-order valence-electron chi connectivity index (χ4n) is 1.36. The Kier molecular flexibility index (Phi) is 4.96. The van der Waals surface area contributed by atoms with E-state index < -0.39 is 18.6 Å². The van der Waals surface area contributed by atoms with E-state index in [9.17, 15) is 13.2 Å². The number of guanidine groups is 1. The zero-order valence-electron chi connectivity index (χ0n) is 9.83. The molecule has 0 fully saturated rings. The van der Waals surface area contributed by atoms with E-state index in [1.807, 2.05) is 6.07 Å². The first-order chi connectivity index (χ1) is 8.40. The molecular formula is C11H15F3N4. The third-order valence-electron chi connectivity index (χ3n) is 2.05. The van der Waals surface area contributed by atoms with Gasteiger partial charge in [0.05, 0.1) is 12.5 Å². The van der Waals surface area contributed by atoms with Gasteiger partial charge in [0.2, 0.25) is 5.96 Å². The van der Waals surface area contributed by atoms with Crippen molar-refractivity contribution < 1.29 is 13.2 Å². The van der Waals surface area contributed by atoms with E-state index in [0.29, 0.717) is 5.69 Å². The Morgan fingerprint density at radius 3 is 2.44 bits per heavy atom. The zero-order valence-corrected chi connectivity index (χ0v) is 9.83. The number of para-hydroxylation sites is 1. The van der Waals surface area contributed by atoms with Crippen molar-refractivity contribution in [2.24, 2.45) is 10.8 Å². The molecule has 0 radical (unpaired) electrons. The molecule has 0 amide bonds. The van der Waals surface area contributed by atoms with E-state index in [0.717, 1.165) is 0 Å². The van der Waals surface area contributed by atoms with Gasteiger partial charge in [-0.15, -0.1) is 0 Å². The van der Waals surface area contributed by atoms with Crippen molar-refractivity contribution in [3.05, 3.63) is 30.3 Å². The van der Waals surface area contributed by atoms with Gasteiger partial charge in [-0.1, -0.05) is 18.2 Å². The van der Waals surface area contributed by atoms with Crippen LogP contribution in [-0.4, -0.2) is 18.2 Å². The second-order valence-electron chi connectivity index (χ2n) is 3.78. The van der Waals surface area contributed by atoms with Crippen LogP contribution in [-0.2, 0) is 0 Å². The third-order valence-corrected chi connectivity index (χ3v) is 2.05. The molecule has 0 heterocycles. The van der Waals surface area contributed by atoms with E-state index in [-0.39, 0.29) is 5.96 Å². The van der Waals surface area contributed by atoms with Crippen LogP contribution in [0.5, 0.6) is 0 Å². The predicted octanol–water partition coefficient (Wildman–Crippen LogP) is 2.26. The Balaban J connectivity index is 2.65. The van der Waals surface area contributed by atoms with Gasteiger partial charge in [0.1, 0.15) is 0 Å². The number of aliphatic imine (C=N–C) groups is 1. The van der Waals surface area contributed by atoms with E-state index in [2.05, 4.69) is 15.7 Å². The summed E-state index contributed by atoms with van der Waals surface area (Å²) in [5.41, 5.74) is 2.93. The van der Waals surface area contributed by atoms with Crippen LogP contribution in [0, 0.1) is 0 Å². The molecular weight excluding hydrogens is 245 g/mol. The van der Waals surface area contributed by atoms with Crippen molar-refractivity contribution in [3.8, 4) is 0 Å². The Morgan fingerprint density at radius 2 is 1.94 bits per heavy atom. The Morgan fingerprint density at radius 1 is 1.33 bits per heavy atom. The number of alkyl halides is 3. The molecule has 1 aromatic rings. The summed E-state index contributed by atoms with van der Waals surface area (Å²) < 4.78 is 36.4. The maximum atomic E-state index is 12.1. The van der Waals surface area contributed by atoms with Gasteiger partial charge >= 0.3 is 6.18 Å². The third kappa shape index (κ3) is 5.53. The maximum absolute atomic E-state index is 12.1. The van der Waals surface area contributed by atoms with E-state index in [4.69, 9.17) is 5.84 Å². The highest BCUT2D eigenvalue weighted by atomic mass is 19.4. The average Bonchev–Trinajstić information content (AvgIpc) is 2.27. The summed E-state index contributed by atoms with van der Waals surface area (Å²) in [6.07, 6.45) is -5.23. The number of anilines is 1. The molecule has 0 aliphatic heterocycles. The molecule has 0 spiro atoms. The average molecular weight is 260 g/mol. The van der Waals surface area contributed by atoms with Gasteiger partial charge in [-0.25, -0.2) is 10.8 Å². The minimum atomic E-state index is -4.24. The number of nitrogens with zero attached hydrogens (tertiary/aromatic N) is 1. The maximum Gasteiger partial charge on any atom is 0.391 e. The highest BCUT2D eigenvalue weighted by Gasteiger charge is 2.30. The van der Waals surface area contributed by atoms with Crippen molar-refractivity contribution in [1.29, 1.82) is 0 Å². The number of benzene rings is 1. The molecule has 0 saturated carbocycles. The molecule has 0 bridgehead atoms. The van der Waals surface area contributed by atoms with E-state index >= 15 is 0 Å². The van der Waals surface area contributed by atoms with Crippen molar-refractivity contribution >= 4 is 11.6 Å².